The van der Waals surface area contributed by atoms with E-state index in [2.05, 4.69) is 10.2 Å². The van der Waals surface area contributed by atoms with Gasteiger partial charge in [0.15, 0.2) is 0 Å². The maximum Gasteiger partial charge on any atom is 0.269 e. The van der Waals surface area contributed by atoms with Crippen LogP contribution >= 0.6 is 0 Å². The molecular formula is C12H15N3O2S. The Morgan fingerprint density at radius 2 is 1.94 bits per heavy atom. The molecule has 0 aliphatic heterocycles. The van der Waals surface area contributed by atoms with Crippen molar-refractivity contribution in [3.05, 3.63) is 36.5 Å². The van der Waals surface area contributed by atoms with Gasteiger partial charge in [-0.15, -0.1) is 10.2 Å². The van der Waals surface area contributed by atoms with E-state index in [1.54, 1.807) is 0 Å². The summed E-state index contributed by atoms with van der Waals surface area (Å²) in [5.41, 5.74) is 1.42. The second-order valence-electron chi connectivity index (χ2n) is 3.99. The van der Waals surface area contributed by atoms with Gasteiger partial charge >= 0.3 is 0 Å². The molecule has 0 radical (unpaired) electrons. The van der Waals surface area contributed by atoms with E-state index >= 15 is 0 Å². The molecule has 0 fully saturated rings. The molecule has 0 bridgehead atoms. The summed E-state index contributed by atoms with van der Waals surface area (Å²) in [4.78, 5) is 0. The van der Waals surface area contributed by atoms with Crippen molar-refractivity contribution in [2.45, 2.75) is 19.8 Å². The fourth-order valence-corrected chi connectivity index (χ4v) is 2.75. The Morgan fingerprint density at radius 1 is 1.22 bits per heavy atom. The predicted octanol–water partition coefficient (Wildman–Crippen LogP) is 1.92. The molecule has 5 nitrogen and oxygen atoms in total. The highest BCUT2D eigenvalue weighted by atomic mass is 32.2. The van der Waals surface area contributed by atoms with Gasteiger partial charge in [0.25, 0.3) is 10.0 Å². The summed E-state index contributed by atoms with van der Waals surface area (Å²) in [6, 6.07) is 9.38. The van der Waals surface area contributed by atoms with Crippen LogP contribution in [-0.4, -0.2) is 28.6 Å². The normalized spacial score (nSPS) is 11.6. The van der Waals surface area contributed by atoms with E-state index in [0.29, 0.717) is 12.1 Å². The Labute approximate surface area is 107 Å². The first-order chi connectivity index (χ1) is 8.63. The van der Waals surface area contributed by atoms with E-state index in [1.807, 2.05) is 37.3 Å². The summed E-state index contributed by atoms with van der Waals surface area (Å²) in [5.74, 6) is 0.0758. The molecule has 1 aromatic carbocycles. The molecule has 0 unspecified atom stereocenters. The third-order valence-electron chi connectivity index (χ3n) is 2.55. The molecule has 18 heavy (non-hydrogen) atoms. The minimum atomic E-state index is -3.42. The predicted molar refractivity (Wildman–Crippen MR) is 69.6 cm³/mol. The van der Waals surface area contributed by atoms with Crippen molar-refractivity contribution in [3.8, 4) is 11.3 Å². The minimum absolute atomic E-state index is 0.0758. The lowest BCUT2D eigenvalue weighted by molar-refractivity contribution is 0.566. The molecule has 96 valence electrons. The first-order valence-electron chi connectivity index (χ1n) is 5.84. The summed E-state index contributed by atoms with van der Waals surface area (Å²) in [5, 5.41) is 7.86. The molecule has 2 aromatic rings. The molecule has 0 N–H and O–H groups in total. The fourth-order valence-electron chi connectivity index (χ4n) is 1.53. The lowest BCUT2D eigenvalue weighted by Gasteiger charge is -2.00. The van der Waals surface area contributed by atoms with Crippen LogP contribution in [0.15, 0.2) is 36.5 Å². The maximum absolute atomic E-state index is 11.9. The highest BCUT2D eigenvalue weighted by molar-refractivity contribution is 7.89. The number of hydrogen-bond acceptors (Lipinski definition) is 4. The zero-order chi connectivity index (χ0) is 13.0. The molecule has 0 saturated carbocycles. The standard InChI is InChI=1S/C12H15N3O2S/c1-2-3-9-18(16,17)15-13-10-12(14-15)11-7-5-4-6-8-11/h4-8,10H,2-3,9H2,1H3. The van der Waals surface area contributed by atoms with E-state index in [0.717, 1.165) is 16.2 Å². The van der Waals surface area contributed by atoms with Crippen LogP contribution in [0.25, 0.3) is 11.3 Å². The van der Waals surface area contributed by atoms with Crippen LogP contribution in [0.1, 0.15) is 19.8 Å². The zero-order valence-corrected chi connectivity index (χ0v) is 11.0. The lowest BCUT2D eigenvalue weighted by Crippen LogP contribution is -2.19. The average Bonchev–Trinajstić information content (AvgIpc) is 2.88. The quantitative estimate of drug-likeness (QED) is 0.828. The van der Waals surface area contributed by atoms with Gasteiger partial charge in [0, 0.05) is 5.56 Å². The molecule has 1 heterocycles. The van der Waals surface area contributed by atoms with Gasteiger partial charge in [0.1, 0.15) is 5.69 Å². The van der Waals surface area contributed by atoms with Gasteiger partial charge in [-0.05, 0) is 6.42 Å². The van der Waals surface area contributed by atoms with Crippen molar-refractivity contribution in [1.29, 1.82) is 0 Å². The Kier molecular flexibility index (Phi) is 3.76. The van der Waals surface area contributed by atoms with Crippen LogP contribution in [0.4, 0.5) is 0 Å². The molecule has 1 aromatic heterocycles. The molecule has 0 spiro atoms. The van der Waals surface area contributed by atoms with Crippen LogP contribution in [0.2, 0.25) is 0 Å². The third-order valence-corrected chi connectivity index (χ3v) is 4.02. The second kappa shape index (κ2) is 5.30. The van der Waals surface area contributed by atoms with E-state index in [4.69, 9.17) is 0 Å². The number of nitrogens with zero attached hydrogens (tertiary/aromatic N) is 3. The molecule has 6 heteroatoms. The van der Waals surface area contributed by atoms with Crippen molar-refractivity contribution in [1.82, 2.24) is 14.4 Å². The van der Waals surface area contributed by atoms with Crippen LogP contribution in [-0.2, 0) is 10.0 Å². The first kappa shape index (κ1) is 12.8. The van der Waals surface area contributed by atoms with Crippen LogP contribution in [0.5, 0.6) is 0 Å². The third kappa shape index (κ3) is 2.76. The molecular weight excluding hydrogens is 250 g/mol. The first-order valence-corrected chi connectivity index (χ1v) is 7.45. The van der Waals surface area contributed by atoms with E-state index in [-0.39, 0.29) is 5.75 Å². The number of benzene rings is 1. The fraction of sp³-hybridized carbons (Fsp3) is 0.333. The molecule has 0 saturated heterocycles. The molecule has 2 rings (SSSR count). The minimum Gasteiger partial charge on any atom is -0.203 e. The van der Waals surface area contributed by atoms with Gasteiger partial charge in [0.05, 0.1) is 11.9 Å². The van der Waals surface area contributed by atoms with Gasteiger partial charge in [-0.1, -0.05) is 47.9 Å². The van der Waals surface area contributed by atoms with Gasteiger partial charge in [-0.3, -0.25) is 0 Å². The van der Waals surface area contributed by atoms with Gasteiger partial charge in [0.2, 0.25) is 0 Å². The van der Waals surface area contributed by atoms with E-state index in [9.17, 15) is 8.42 Å². The van der Waals surface area contributed by atoms with Crippen LogP contribution < -0.4 is 0 Å². The highest BCUT2D eigenvalue weighted by Crippen LogP contribution is 2.15. The summed E-state index contributed by atoms with van der Waals surface area (Å²) in [7, 11) is -3.42. The second-order valence-corrected chi connectivity index (χ2v) is 5.89. The lowest BCUT2D eigenvalue weighted by atomic mass is 10.2. The average molecular weight is 265 g/mol. The van der Waals surface area contributed by atoms with Crippen molar-refractivity contribution in [2.24, 2.45) is 0 Å². The molecule has 0 amide bonds. The van der Waals surface area contributed by atoms with Crippen LogP contribution in [0.3, 0.4) is 0 Å². The maximum atomic E-state index is 11.9. The summed E-state index contributed by atoms with van der Waals surface area (Å²) < 4.78 is 24.6. The number of rotatable bonds is 5. The number of hydrogen-bond donors (Lipinski definition) is 0. The van der Waals surface area contributed by atoms with Crippen LogP contribution in [0, 0.1) is 0 Å². The Hall–Kier alpha value is -1.69. The Morgan fingerprint density at radius 3 is 2.61 bits per heavy atom. The topological polar surface area (TPSA) is 64.8 Å². The van der Waals surface area contributed by atoms with Gasteiger partial charge in [-0.25, -0.2) is 8.42 Å². The van der Waals surface area contributed by atoms with Crippen molar-refractivity contribution in [2.75, 3.05) is 5.75 Å². The zero-order valence-electron chi connectivity index (χ0n) is 10.2. The van der Waals surface area contributed by atoms with Crippen molar-refractivity contribution in [3.63, 3.8) is 0 Å². The van der Waals surface area contributed by atoms with Crippen molar-refractivity contribution < 1.29 is 8.42 Å². The monoisotopic (exact) mass is 265 g/mol. The summed E-state index contributed by atoms with van der Waals surface area (Å²) in [6.45, 7) is 1.95. The van der Waals surface area contributed by atoms with Crippen molar-refractivity contribution >= 4 is 10.0 Å². The molecule has 0 aliphatic rings. The van der Waals surface area contributed by atoms with E-state index in [1.165, 1.54) is 6.20 Å². The SMILES string of the molecule is CCCCS(=O)(=O)n1ncc(-c2ccccc2)n1. The number of unbranched alkanes of at least 4 members (excludes halogenated alkanes) is 1. The largest absolute Gasteiger partial charge is 0.269 e. The molecule has 0 atom stereocenters. The Bertz CT molecular complexity index is 605. The van der Waals surface area contributed by atoms with E-state index < -0.39 is 10.0 Å². The Balaban J connectivity index is 2.26. The van der Waals surface area contributed by atoms with Gasteiger partial charge < -0.3 is 0 Å². The van der Waals surface area contributed by atoms with Gasteiger partial charge in [-0.2, -0.15) is 0 Å². The molecule has 0 aliphatic carbocycles. The number of aromatic nitrogens is 3. The smallest absolute Gasteiger partial charge is 0.203 e. The summed E-state index contributed by atoms with van der Waals surface area (Å²) in [6.07, 6.45) is 2.91. The highest BCUT2D eigenvalue weighted by Gasteiger charge is 2.16. The summed E-state index contributed by atoms with van der Waals surface area (Å²) >= 11 is 0.